The van der Waals surface area contributed by atoms with E-state index in [4.69, 9.17) is 10.8 Å². The van der Waals surface area contributed by atoms with Crippen molar-refractivity contribution in [3.8, 4) is 0 Å². The zero-order valence-corrected chi connectivity index (χ0v) is 5.76. The van der Waals surface area contributed by atoms with Crippen LogP contribution in [0.5, 0.6) is 0 Å². The molecule has 0 aromatic carbocycles. The van der Waals surface area contributed by atoms with Crippen molar-refractivity contribution in [3.63, 3.8) is 0 Å². The van der Waals surface area contributed by atoms with Gasteiger partial charge in [0.1, 0.15) is 11.3 Å². The minimum atomic E-state index is 0.343. The van der Waals surface area contributed by atoms with Crippen LogP contribution in [0.3, 0.4) is 0 Å². The van der Waals surface area contributed by atoms with Crippen LogP contribution in [0.1, 0.15) is 6.92 Å². The first kappa shape index (κ1) is 6.74. The fourth-order valence-corrected chi connectivity index (χ4v) is 0.736. The third-order valence-electron chi connectivity index (χ3n) is 1.22. The first-order valence-corrected chi connectivity index (χ1v) is 2.99. The number of aromatic nitrogens is 1. The summed E-state index contributed by atoms with van der Waals surface area (Å²) in [6.45, 7) is 1.65. The SMILES string of the molecule is CC(=N)n1ccccc1=N. The number of nitrogens with zero attached hydrogens (tertiary/aromatic N) is 1. The molecule has 0 fully saturated rings. The van der Waals surface area contributed by atoms with E-state index >= 15 is 0 Å². The van der Waals surface area contributed by atoms with Crippen molar-refractivity contribution in [1.82, 2.24) is 4.57 Å². The Morgan fingerprint density at radius 3 is 2.60 bits per heavy atom. The molecule has 0 aliphatic heterocycles. The van der Waals surface area contributed by atoms with E-state index in [9.17, 15) is 0 Å². The van der Waals surface area contributed by atoms with E-state index in [-0.39, 0.29) is 0 Å². The van der Waals surface area contributed by atoms with Gasteiger partial charge in [-0.15, -0.1) is 0 Å². The quantitative estimate of drug-likeness (QED) is 0.391. The van der Waals surface area contributed by atoms with Crippen molar-refractivity contribution in [2.24, 2.45) is 0 Å². The van der Waals surface area contributed by atoms with Crippen molar-refractivity contribution in [2.45, 2.75) is 6.92 Å². The van der Waals surface area contributed by atoms with Gasteiger partial charge in [-0.05, 0) is 19.1 Å². The topological polar surface area (TPSA) is 52.6 Å². The average molecular weight is 135 g/mol. The zero-order chi connectivity index (χ0) is 7.56. The Hall–Kier alpha value is -1.38. The van der Waals surface area contributed by atoms with Gasteiger partial charge in [0, 0.05) is 6.20 Å². The molecule has 0 unspecified atom stereocenters. The van der Waals surface area contributed by atoms with Crippen LogP contribution in [-0.2, 0) is 0 Å². The van der Waals surface area contributed by atoms with Gasteiger partial charge >= 0.3 is 0 Å². The van der Waals surface area contributed by atoms with Crippen LogP contribution in [0.2, 0.25) is 0 Å². The van der Waals surface area contributed by atoms with Gasteiger partial charge in [-0.25, -0.2) is 0 Å². The van der Waals surface area contributed by atoms with Crippen molar-refractivity contribution in [3.05, 3.63) is 29.9 Å². The summed E-state index contributed by atoms with van der Waals surface area (Å²) in [5, 5.41) is 14.5. The van der Waals surface area contributed by atoms with Crippen LogP contribution in [0.15, 0.2) is 24.4 Å². The van der Waals surface area contributed by atoms with E-state index in [0.717, 1.165) is 0 Å². The lowest BCUT2D eigenvalue weighted by Crippen LogP contribution is -2.22. The Morgan fingerprint density at radius 2 is 2.20 bits per heavy atom. The van der Waals surface area contributed by atoms with Gasteiger partial charge in [-0.1, -0.05) is 6.07 Å². The minimum absolute atomic E-state index is 0.343. The summed E-state index contributed by atoms with van der Waals surface area (Å²) in [5.41, 5.74) is 0.343. The van der Waals surface area contributed by atoms with Crippen molar-refractivity contribution >= 4 is 5.84 Å². The highest BCUT2D eigenvalue weighted by molar-refractivity contribution is 5.78. The predicted molar refractivity (Wildman–Crippen MR) is 39.1 cm³/mol. The van der Waals surface area contributed by atoms with E-state index in [1.807, 2.05) is 0 Å². The molecule has 3 nitrogen and oxygen atoms in total. The van der Waals surface area contributed by atoms with Gasteiger partial charge in [-0.2, -0.15) is 0 Å². The largest absolute Gasteiger partial charge is 0.291 e. The fraction of sp³-hybridized carbons (Fsp3) is 0.143. The summed E-state index contributed by atoms with van der Waals surface area (Å²) in [5.74, 6) is 0.366. The van der Waals surface area contributed by atoms with E-state index < -0.39 is 0 Å². The van der Waals surface area contributed by atoms with Crippen LogP contribution in [0.25, 0.3) is 0 Å². The van der Waals surface area contributed by atoms with Crippen LogP contribution in [0.4, 0.5) is 0 Å². The molecule has 0 saturated carbocycles. The molecule has 1 heterocycles. The molecular weight excluding hydrogens is 126 g/mol. The highest BCUT2D eigenvalue weighted by atomic mass is 15.0. The average Bonchev–Trinajstić information content (AvgIpc) is 1.88. The molecule has 0 aliphatic carbocycles. The van der Waals surface area contributed by atoms with E-state index in [0.29, 0.717) is 11.3 Å². The van der Waals surface area contributed by atoms with E-state index in [1.54, 1.807) is 31.3 Å². The number of pyridine rings is 1. The minimum Gasteiger partial charge on any atom is -0.291 e. The van der Waals surface area contributed by atoms with Gasteiger partial charge in [0.05, 0.1) is 0 Å². The Morgan fingerprint density at radius 1 is 1.50 bits per heavy atom. The maximum atomic E-state index is 7.32. The van der Waals surface area contributed by atoms with E-state index in [2.05, 4.69) is 0 Å². The molecule has 0 saturated heterocycles. The smallest absolute Gasteiger partial charge is 0.130 e. The zero-order valence-electron chi connectivity index (χ0n) is 5.76. The molecule has 52 valence electrons. The summed E-state index contributed by atoms with van der Waals surface area (Å²) < 4.78 is 1.50. The molecule has 0 amide bonds. The molecule has 1 aromatic heterocycles. The molecule has 10 heavy (non-hydrogen) atoms. The first-order chi connectivity index (χ1) is 4.72. The second-order valence-corrected chi connectivity index (χ2v) is 2.04. The summed E-state index contributed by atoms with van der Waals surface area (Å²) >= 11 is 0. The first-order valence-electron chi connectivity index (χ1n) is 2.99. The lowest BCUT2D eigenvalue weighted by Gasteiger charge is -2.00. The number of nitrogens with one attached hydrogen (secondary N) is 2. The van der Waals surface area contributed by atoms with Gasteiger partial charge in [0.25, 0.3) is 0 Å². The molecule has 0 radical (unpaired) electrons. The van der Waals surface area contributed by atoms with Gasteiger partial charge in [0.15, 0.2) is 0 Å². The molecule has 0 aliphatic rings. The molecule has 1 aromatic rings. The fourth-order valence-electron chi connectivity index (χ4n) is 0.736. The number of hydrogen-bond acceptors (Lipinski definition) is 2. The van der Waals surface area contributed by atoms with Crippen molar-refractivity contribution in [2.75, 3.05) is 0 Å². The van der Waals surface area contributed by atoms with Gasteiger partial charge < -0.3 is 0 Å². The molecule has 2 N–H and O–H groups in total. The standard InChI is InChI=1S/C7H9N3/c1-6(8)10-5-3-2-4-7(10)9/h2-5,8-9H,1H3. The van der Waals surface area contributed by atoms with Gasteiger partial charge in [-0.3, -0.25) is 15.4 Å². The summed E-state index contributed by atoms with van der Waals surface area (Å²) in [4.78, 5) is 0. The lowest BCUT2D eigenvalue weighted by molar-refractivity contribution is 0.958. The molecule has 0 spiro atoms. The maximum absolute atomic E-state index is 7.32. The third kappa shape index (κ3) is 1.13. The highest BCUT2D eigenvalue weighted by Crippen LogP contribution is 1.79. The normalized spacial score (nSPS) is 9.30. The van der Waals surface area contributed by atoms with Crippen LogP contribution >= 0.6 is 0 Å². The molecular formula is C7H9N3. The molecule has 0 atom stereocenters. The highest BCUT2D eigenvalue weighted by Gasteiger charge is 1.88. The van der Waals surface area contributed by atoms with Crippen LogP contribution < -0.4 is 5.49 Å². The second-order valence-electron chi connectivity index (χ2n) is 2.04. The number of hydrogen-bond donors (Lipinski definition) is 2. The lowest BCUT2D eigenvalue weighted by atomic mass is 10.4. The van der Waals surface area contributed by atoms with Gasteiger partial charge in [0.2, 0.25) is 0 Å². The predicted octanol–water partition coefficient (Wildman–Crippen LogP) is 0.813. The Labute approximate surface area is 59.0 Å². The van der Waals surface area contributed by atoms with E-state index in [1.165, 1.54) is 4.57 Å². The maximum Gasteiger partial charge on any atom is 0.130 e. The summed E-state index contributed by atoms with van der Waals surface area (Å²) in [6.07, 6.45) is 1.70. The third-order valence-corrected chi connectivity index (χ3v) is 1.22. The molecule has 3 heteroatoms. The second kappa shape index (κ2) is 2.47. The monoisotopic (exact) mass is 135 g/mol. The van der Waals surface area contributed by atoms with Crippen molar-refractivity contribution in [1.29, 1.82) is 10.8 Å². The van der Waals surface area contributed by atoms with Crippen molar-refractivity contribution < 1.29 is 0 Å². The van der Waals surface area contributed by atoms with Crippen LogP contribution in [0, 0.1) is 10.8 Å². The molecule has 0 bridgehead atoms. The Kier molecular flexibility index (Phi) is 1.67. The Bertz CT molecular complexity index is 298. The summed E-state index contributed by atoms with van der Waals surface area (Å²) in [7, 11) is 0. The van der Waals surface area contributed by atoms with Crippen LogP contribution in [-0.4, -0.2) is 10.4 Å². The Balaban J connectivity index is 3.29. The summed E-state index contributed by atoms with van der Waals surface area (Å²) in [6, 6.07) is 5.23. The molecule has 1 rings (SSSR count). The number of rotatable bonds is 0.